The van der Waals surface area contributed by atoms with Crippen molar-refractivity contribution in [3.8, 4) is 0 Å². The largest absolute Gasteiger partial charge is 0.394 e. The van der Waals surface area contributed by atoms with Crippen molar-refractivity contribution in [2.45, 2.75) is 32.4 Å². The van der Waals surface area contributed by atoms with Crippen molar-refractivity contribution in [3.63, 3.8) is 0 Å². The first-order chi connectivity index (χ1) is 6.61. The quantitative estimate of drug-likeness (QED) is 0.729. The van der Waals surface area contributed by atoms with Crippen molar-refractivity contribution < 1.29 is 5.11 Å². The van der Waals surface area contributed by atoms with Gasteiger partial charge in [0.1, 0.15) is 5.82 Å². The normalized spacial score (nSPS) is 15.4. The molecule has 4 heteroatoms. The van der Waals surface area contributed by atoms with E-state index in [1.165, 1.54) is 0 Å². The maximum atomic E-state index is 9.19. The Bertz CT molecular complexity index is 279. The Morgan fingerprint density at radius 2 is 2.36 bits per heavy atom. The minimum absolute atomic E-state index is 0.147. The lowest BCUT2D eigenvalue weighted by Gasteiger charge is -2.27. The van der Waals surface area contributed by atoms with Gasteiger partial charge < -0.3 is 15.0 Å². The first kappa shape index (κ1) is 11.2. The molecule has 80 valence electrons. The third-order valence-corrected chi connectivity index (χ3v) is 2.72. The van der Waals surface area contributed by atoms with E-state index in [2.05, 4.69) is 17.2 Å². The van der Waals surface area contributed by atoms with E-state index in [1.807, 2.05) is 24.7 Å². The molecule has 0 saturated carbocycles. The molecule has 0 amide bonds. The van der Waals surface area contributed by atoms with Crippen molar-refractivity contribution >= 4 is 0 Å². The number of nitrogens with zero attached hydrogens (tertiary/aromatic N) is 2. The monoisotopic (exact) mass is 197 g/mol. The summed E-state index contributed by atoms with van der Waals surface area (Å²) in [4.78, 5) is 4.21. The average molecular weight is 197 g/mol. The molecule has 0 radical (unpaired) electrons. The molecule has 1 heterocycles. The zero-order valence-corrected chi connectivity index (χ0v) is 9.12. The minimum Gasteiger partial charge on any atom is -0.394 e. The molecule has 0 aromatic carbocycles. The lowest BCUT2D eigenvalue weighted by molar-refractivity contribution is 0.167. The number of nitrogens with one attached hydrogen (secondary N) is 1. The maximum absolute atomic E-state index is 9.19. The molecule has 1 atom stereocenters. The third kappa shape index (κ3) is 2.56. The minimum atomic E-state index is -0.202. The van der Waals surface area contributed by atoms with Crippen LogP contribution in [0.15, 0.2) is 12.4 Å². The van der Waals surface area contributed by atoms with Crippen LogP contribution < -0.4 is 5.32 Å². The molecule has 0 saturated heterocycles. The summed E-state index contributed by atoms with van der Waals surface area (Å²) >= 11 is 0. The van der Waals surface area contributed by atoms with Crippen molar-refractivity contribution in [2.24, 2.45) is 7.05 Å². The van der Waals surface area contributed by atoms with Crippen LogP contribution in [0.2, 0.25) is 0 Å². The van der Waals surface area contributed by atoms with Gasteiger partial charge in [0.25, 0.3) is 0 Å². The fraction of sp³-hybridized carbons (Fsp3) is 0.700. The SMILES string of the molecule is CCC(C)(CO)NCc1nccn1C. The summed E-state index contributed by atoms with van der Waals surface area (Å²) in [5.74, 6) is 0.984. The van der Waals surface area contributed by atoms with Gasteiger partial charge >= 0.3 is 0 Å². The first-order valence-electron chi connectivity index (χ1n) is 4.93. The Hall–Kier alpha value is -0.870. The fourth-order valence-electron chi connectivity index (χ4n) is 1.15. The van der Waals surface area contributed by atoms with Crippen LogP contribution in [0.4, 0.5) is 0 Å². The van der Waals surface area contributed by atoms with Crippen molar-refractivity contribution in [2.75, 3.05) is 6.61 Å². The standard InChI is InChI=1S/C10H19N3O/c1-4-10(2,8-14)12-7-9-11-5-6-13(9)3/h5-6,12,14H,4,7-8H2,1-3H3. The highest BCUT2D eigenvalue weighted by Gasteiger charge is 2.20. The molecule has 1 aromatic rings. The number of rotatable bonds is 5. The summed E-state index contributed by atoms with van der Waals surface area (Å²) in [6, 6.07) is 0. The van der Waals surface area contributed by atoms with E-state index in [0.29, 0.717) is 6.54 Å². The van der Waals surface area contributed by atoms with E-state index in [-0.39, 0.29) is 12.1 Å². The highest BCUT2D eigenvalue weighted by molar-refractivity contribution is 4.93. The van der Waals surface area contributed by atoms with Crippen LogP contribution in [-0.2, 0) is 13.6 Å². The topological polar surface area (TPSA) is 50.1 Å². The highest BCUT2D eigenvalue weighted by Crippen LogP contribution is 2.08. The molecular weight excluding hydrogens is 178 g/mol. The Balaban J connectivity index is 2.52. The van der Waals surface area contributed by atoms with Crippen LogP contribution in [-0.4, -0.2) is 26.8 Å². The number of aromatic nitrogens is 2. The lowest BCUT2D eigenvalue weighted by atomic mass is 10.0. The predicted octanol–water partition coefficient (Wildman–Crippen LogP) is 0.671. The van der Waals surface area contributed by atoms with Gasteiger partial charge in [0.05, 0.1) is 13.2 Å². The highest BCUT2D eigenvalue weighted by atomic mass is 16.3. The van der Waals surface area contributed by atoms with Crippen LogP contribution >= 0.6 is 0 Å². The van der Waals surface area contributed by atoms with Gasteiger partial charge in [-0.2, -0.15) is 0 Å². The molecule has 0 aliphatic carbocycles. The second-order valence-electron chi connectivity index (χ2n) is 3.88. The summed E-state index contributed by atoms with van der Waals surface area (Å²) < 4.78 is 1.97. The van der Waals surface area contributed by atoms with E-state index in [9.17, 15) is 5.11 Å². The van der Waals surface area contributed by atoms with Crippen LogP contribution in [0.1, 0.15) is 26.1 Å². The Labute approximate surface area is 85.0 Å². The molecule has 0 bridgehead atoms. The summed E-state index contributed by atoms with van der Waals surface area (Å²) in [5, 5.41) is 12.5. The predicted molar refractivity (Wildman–Crippen MR) is 55.8 cm³/mol. The second-order valence-corrected chi connectivity index (χ2v) is 3.88. The maximum Gasteiger partial charge on any atom is 0.122 e. The van der Waals surface area contributed by atoms with Gasteiger partial charge in [0.15, 0.2) is 0 Å². The molecule has 4 nitrogen and oxygen atoms in total. The summed E-state index contributed by atoms with van der Waals surface area (Å²) in [5.41, 5.74) is -0.202. The van der Waals surface area contributed by atoms with Crippen LogP contribution in [0, 0.1) is 0 Å². The first-order valence-corrected chi connectivity index (χ1v) is 4.93. The lowest BCUT2D eigenvalue weighted by Crippen LogP contribution is -2.44. The number of aliphatic hydroxyl groups excluding tert-OH is 1. The molecule has 0 fully saturated rings. The van der Waals surface area contributed by atoms with E-state index in [4.69, 9.17) is 0 Å². The van der Waals surface area contributed by atoms with E-state index >= 15 is 0 Å². The number of imidazole rings is 1. The molecule has 0 aliphatic rings. The summed E-state index contributed by atoms with van der Waals surface area (Å²) in [6.07, 6.45) is 4.59. The van der Waals surface area contributed by atoms with Gasteiger partial charge in [-0.05, 0) is 13.3 Å². The molecular formula is C10H19N3O. The van der Waals surface area contributed by atoms with Gasteiger partial charge in [-0.15, -0.1) is 0 Å². The number of aliphatic hydroxyl groups is 1. The van der Waals surface area contributed by atoms with Crippen molar-refractivity contribution in [1.29, 1.82) is 0 Å². The number of hydrogen-bond donors (Lipinski definition) is 2. The van der Waals surface area contributed by atoms with E-state index in [1.54, 1.807) is 6.20 Å². The van der Waals surface area contributed by atoms with Crippen molar-refractivity contribution in [1.82, 2.24) is 14.9 Å². The molecule has 2 N–H and O–H groups in total. The summed E-state index contributed by atoms with van der Waals surface area (Å²) in [6.45, 7) is 4.90. The number of aryl methyl sites for hydroxylation is 1. The molecule has 0 spiro atoms. The smallest absolute Gasteiger partial charge is 0.122 e. The van der Waals surface area contributed by atoms with Crippen LogP contribution in [0.3, 0.4) is 0 Å². The van der Waals surface area contributed by atoms with Gasteiger partial charge in [0.2, 0.25) is 0 Å². The second kappa shape index (κ2) is 4.57. The van der Waals surface area contributed by atoms with Crippen LogP contribution in [0.5, 0.6) is 0 Å². The third-order valence-electron chi connectivity index (χ3n) is 2.72. The van der Waals surface area contributed by atoms with Gasteiger partial charge in [0, 0.05) is 25.0 Å². The Kier molecular flexibility index (Phi) is 3.66. The molecule has 1 unspecified atom stereocenters. The van der Waals surface area contributed by atoms with E-state index in [0.717, 1.165) is 12.2 Å². The average Bonchev–Trinajstić information content (AvgIpc) is 2.61. The fourth-order valence-corrected chi connectivity index (χ4v) is 1.15. The molecule has 0 aliphatic heterocycles. The zero-order chi connectivity index (χ0) is 10.6. The van der Waals surface area contributed by atoms with E-state index < -0.39 is 0 Å². The van der Waals surface area contributed by atoms with Gasteiger partial charge in [-0.1, -0.05) is 6.92 Å². The molecule has 14 heavy (non-hydrogen) atoms. The Morgan fingerprint density at radius 1 is 1.64 bits per heavy atom. The summed E-state index contributed by atoms with van der Waals surface area (Å²) in [7, 11) is 1.96. The number of hydrogen-bond acceptors (Lipinski definition) is 3. The molecule has 1 aromatic heterocycles. The van der Waals surface area contributed by atoms with Gasteiger partial charge in [-0.25, -0.2) is 4.98 Å². The Morgan fingerprint density at radius 3 is 2.79 bits per heavy atom. The zero-order valence-electron chi connectivity index (χ0n) is 9.12. The van der Waals surface area contributed by atoms with Crippen molar-refractivity contribution in [3.05, 3.63) is 18.2 Å². The van der Waals surface area contributed by atoms with Gasteiger partial charge in [-0.3, -0.25) is 0 Å². The molecule has 1 rings (SSSR count). The van der Waals surface area contributed by atoms with Crippen LogP contribution in [0.25, 0.3) is 0 Å².